The van der Waals surface area contributed by atoms with E-state index in [4.69, 9.17) is 11.6 Å². The van der Waals surface area contributed by atoms with Crippen LogP contribution in [-0.4, -0.2) is 12.5 Å². The Morgan fingerprint density at radius 1 is 1.25 bits per heavy atom. The van der Waals surface area contributed by atoms with Gasteiger partial charge < -0.3 is 10.6 Å². The van der Waals surface area contributed by atoms with Crippen molar-refractivity contribution in [2.45, 2.75) is 6.92 Å². The van der Waals surface area contributed by atoms with Crippen LogP contribution in [0, 0.1) is 12.7 Å². The van der Waals surface area contributed by atoms with Crippen molar-refractivity contribution in [3.05, 3.63) is 58.9 Å². The maximum atomic E-state index is 13.0. The first-order valence-corrected chi connectivity index (χ1v) is 6.48. The molecule has 2 rings (SSSR count). The van der Waals surface area contributed by atoms with Crippen molar-refractivity contribution in [3.8, 4) is 0 Å². The van der Waals surface area contributed by atoms with E-state index < -0.39 is 0 Å². The molecule has 0 unspecified atom stereocenters. The van der Waals surface area contributed by atoms with Gasteiger partial charge in [-0.15, -0.1) is 0 Å². The molecular formula is C15H14ClFN2O. The SMILES string of the molecule is Cc1cc(Cl)ccc1NCC(=O)Nc1cccc(F)c1. The zero-order valence-corrected chi connectivity index (χ0v) is 11.7. The van der Waals surface area contributed by atoms with Gasteiger partial charge in [-0.25, -0.2) is 4.39 Å². The molecule has 0 radical (unpaired) electrons. The van der Waals surface area contributed by atoms with E-state index in [0.717, 1.165) is 11.3 Å². The molecule has 0 spiro atoms. The third-order valence-electron chi connectivity index (χ3n) is 2.74. The number of hydrogen-bond donors (Lipinski definition) is 2. The van der Waals surface area contributed by atoms with Crippen LogP contribution >= 0.6 is 11.6 Å². The summed E-state index contributed by atoms with van der Waals surface area (Å²) < 4.78 is 13.0. The lowest BCUT2D eigenvalue weighted by Crippen LogP contribution is -2.22. The van der Waals surface area contributed by atoms with E-state index in [-0.39, 0.29) is 18.3 Å². The number of aryl methyl sites for hydroxylation is 1. The van der Waals surface area contributed by atoms with Crippen molar-refractivity contribution in [1.29, 1.82) is 0 Å². The molecule has 3 nitrogen and oxygen atoms in total. The molecule has 2 aromatic carbocycles. The molecule has 0 aliphatic heterocycles. The molecule has 0 heterocycles. The van der Waals surface area contributed by atoms with Crippen LogP contribution in [0.15, 0.2) is 42.5 Å². The summed E-state index contributed by atoms with van der Waals surface area (Å²) in [5.74, 6) is -0.630. The quantitative estimate of drug-likeness (QED) is 0.899. The van der Waals surface area contributed by atoms with Crippen molar-refractivity contribution in [2.24, 2.45) is 0 Å². The number of amides is 1. The molecule has 2 aromatic rings. The Morgan fingerprint density at radius 3 is 2.75 bits per heavy atom. The molecule has 0 bridgehead atoms. The van der Waals surface area contributed by atoms with Crippen LogP contribution in [0.2, 0.25) is 5.02 Å². The predicted molar refractivity (Wildman–Crippen MR) is 79.7 cm³/mol. The van der Waals surface area contributed by atoms with Crippen LogP contribution in [0.5, 0.6) is 0 Å². The zero-order valence-electron chi connectivity index (χ0n) is 10.9. The predicted octanol–water partition coefficient (Wildman–Crippen LogP) is 3.84. The van der Waals surface area contributed by atoms with Gasteiger partial charge in [0.25, 0.3) is 0 Å². The van der Waals surface area contributed by atoms with Crippen LogP contribution in [0.25, 0.3) is 0 Å². The second kappa shape index (κ2) is 6.39. The van der Waals surface area contributed by atoms with E-state index in [2.05, 4.69) is 10.6 Å². The molecule has 1 amide bonds. The van der Waals surface area contributed by atoms with Gasteiger partial charge in [-0.1, -0.05) is 17.7 Å². The molecule has 20 heavy (non-hydrogen) atoms. The number of carbonyl (C=O) groups is 1. The van der Waals surface area contributed by atoms with Crippen LogP contribution in [0.3, 0.4) is 0 Å². The summed E-state index contributed by atoms with van der Waals surface area (Å²) >= 11 is 5.86. The summed E-state index contributed by atoms with van der Waals surface area (Å²) in [5, 5.41) is 6.28. The van der Waals surface area contributed by atoms with Gasteiger partial charge in [0.1, 0.15) is 5.82 Å². The highest BCUT2D eigenvalue weighted by Crippen LogP contribution is 2.19. The molecule has 0 aliphatic rings. The molecule has 0 aliphatic carbocycles. The summed E-state index contributed by atoms with van der Waals surface area (Å²) in [6.45, 7) is 2.00. The van der Waals surface area contributed by atoms with E-state index in [0.29, 0.717) is 10.7 Å². The first-order chi connectivity index (χ1) is 9.54. The summed E-state index contributed by atoms with van der Waals surface area (Å²) in [6.07, 6.45) is 0. The van der Waals surface area contributed by atoms with Gasteiger partial charge in [-0.2, -0.15) is 0 Å². The van der Waals surface area contributed by atoms with Gasteiger partial charge in [0, 0.05) is 16.4 Å². The van der Waals surface area contributed by atoms with E-state index >= 15 is 0 Å². The van der Waals surface area contributed by atoms with Gasteiger partial charge in [0.05, 0.1) is 6.54 Å². The van der Waals surface area contributed by atoms with Crippen molar-refractivity contribution >= 4 is 28.9 Å². The Labute approximate surface area is 121 Å². The average molecular weight is 293 g/mol. The fourth-order valence-corrected chi connectivity index (χ4v) is 2.00. The Hall–Kier alpha value is -2.07. The third kappa shape index (κ3) is 3.96. The van der Waals surface area contributed by atoms with E-state index in [1.165, 1.54) is 12.1 Å². The Morgan fingerprint density at radius 2 is 2.05 bits per heavy atom. The monoisotopic (exact) mass is 292 g/mol. The minimum absolute atomic E-state index is 0.0962. The lowest BCUT2D eigenvalue weighted by Gasteiger charge is -2.10. The summed E-state index contributed by atoms with van der Waals surface area (Å²) in [4.78, 5) is 11.8. The molecule has 5 heteroatoms. The highest BCUT2D eigenvalue weighted by molar-refractivity contribution is 6.30. The van der Waals surface area contributed by atoms with Crippen molar-refractivity contribution in [2.75, 3.05) is 17.2 Å². The maximum Gasteiger partial charge on any atom is 0.243 e. The number of nitrogens with one attached hydrogen (secondary N) is 2. The fraction of sp³-hybridized carbons (Fsp3) is 0.133. The summed E-state index contributed by atoms with van der Waals surface area (Å²) in [6, 6.07) is 11.1. The van der Waals surface area contributed by atoms with Crippen LogP contribution in [0.4, 0.5) is 15.8 Å². The highest BCUT2D eigenvalue weighted by Gasteiger charge is 2.04. The molecule has 0 saturated carbocycles. The Balaban J connectivity index is 1.92. The average Bonchev–Trinajstić information content (AvgIpc) is 2.37. The van der Waals surface area contributed by atoms with Crippen LogP contribution in [-0.2, 0) is 4.79 Å². The number of benzene rings is 2. The highest BCUT2D eigenvalue weighted by atomic mass is 35.5. The van der Waals surface area contributed by atoms with Crippen LogP contribution < -0.4 is 10.6 Å². The van der Waals surface area contributed by atoms with E-state index in [1.54, 1.807) is 18.2 Å². The molecule has 2 N–H and O–H groups in total. The van der Waals surface area contributed by atoms with E-state index in [9.17, 15) is 9.18 Å². The first kappa shape index (κ1) is 14.3. The molecule has 0 aromatic heterocycles. The lowest BCUT2D eigenvalue weighted by atomic mass is 10.2. The maximum absolute atomic E-state index is 13.0. The topological polar surface area (TPSA) is 41.1 Å². The number of rotatable bonds is 4. The van der Waals surface area contributed by atoms with Gasteiger partial charge in [0.2, 0.25) is 5.91 Å². The number of carbonyl (C=O) groups excluding carboxylic acids is 1. The molecule has 0 atom stereocenters. The number of anilines is 2. The van der Waals surface area contributed by atoms with Gasteiger partial charge in [0.15, 0.2) is 0 Å². The minimum Gasteiger partial charge on any atom is -0.376 e. The fourth-order valence-electron chi connectivity index (χ4n) is 1.77. The van der Waals surface area contributed by atoms with Gasteiger partial charge in [-0.05, 0) is 48.9 Å². The minimum atomic E-state index is -0.385. The second-order valence-corrected chi connectivity index (χ2v) is 4.81. The first-order valence-electron chi connectivity index (χ1n) is 6.10. The largest absolute Gasteiger partial charge is 0.376 e. The lowest BCUT2D eigenvalue weighted by molar-refractivity contribution is -0.114. The number of halogens is 2. The van der Waals surface area contributed by atoms with Crippen molar-refractivity contribution in [3.63, 3.8) is 0 Å². The second-order valence-electron chi connectivity index (χ2n) is 4.37. The Kier molecular flexibility index (Phi) is 4.58. The standard InChI is InChI=1S/C15H14ClFN2O/c1-10-7-11(16)5-6-14(10)18-9-15(20)19-13-4-2-3-12(17)8-13/h2-8,18H,9H2,1H3,(H,19,20). The number of hydrogen-bond acceptors (Lipinski definition) is 2. The van der Waals surface area contributed by atoms with Crippen molar-refractivity contribution < 1.29 is 9.18 Å². The molecule has 0 fully saturated rings. The molecular weight excluding hydrogens is 279 g/mol. The molecule has 104 valence electrons. The van der Waals surface area contributed by atoms with Gasteiger partial charge >= 0.3 is 0 Å². The normalized spacial score (nSPS) is 10.2. The summed E-state index contributed by atoms with van der Waals surface area (Å²) in [5.41, 5.74) is 2.23. The van der Waals surface area contributed by atoms with Crippen molar-refractivity contribution in [1.82, 2.24) is 0 Å². The van der Waals surface area contributed by atoms with E-state index in [1.807, 2.05) is 19.1 Å². The smallest absolute Gasteiger partial charge is 0.243 e. The third-order valence-corrected chi connectivity index (χ3v) is 2.97. The van der Waals surface area contributed by atoms with Gasteiger partial charge in [-0.3, -0.25) is 4.79 Å². The zero-order chi connectivity index (χ0) is 14.5. The Bertz CT molecular complexity index is 631. The van der Waals surface area contributed by atoms with Crippen LogP contribution in [0.1, 0.15) is 5.56 Å². The summed E-state index contributed by atoms with van der Waals surface area (Å²) in [7, 11) is 0. The molecule has 0 saturated heterocycles.